The van der Waals surface area contributed by atoms with Crippen LogP contribution in [0.3, 0.4) is 0 Å². The number of rotatable bonds is 4. The van der Waals surface area contributed by atoms with E-state index in [1.54, 1.807) is 29.2 Å². The molecule has 2 aromatic carbocycles. The fourth-order valence-corrected chi connectivity index (χ4v) is 4.05. The summed E-state index contributed by atoms with van der Waals surface area (Å²) in [6, 6.07) is 15.2. The van der Waals surface area contributed by atoms with Crippen molar-refractivity contribution in [3.05, 3.63) is 107 Å². The van der Waals surface area contributed by atoms with Crippen LogP contribution in [0.5, 0.6) is 0 Å². The van der Waals surface area contributed by atoms with Gasteiger partial charge in [0, 0.05) is 41.8 Å². The predicted octanol–water partition coefficient (Wildman–Crippen LogP) is 4.37. The van der Waals surface area contributed by atoms with Gasteiger partial charge in [0.25, 0.3) is 0 Å². The molecule has 0 saturated heterocycles. The van der Waals surface area contributed by atoms with Crippen molar-refractivity contribution < 1.29 is 4.39 Å². The van der Waals surface area contributed by atoms with E-state index in [1.807, 2.05) is 24.4 Å². The van der Waals surface area contributed by atoms with Crippen molar-refractivity contribution in [2.45, 2.75) is 31.8 Å². The van der Waals surface area contributed by atoms with Gasteiger partial charge in [0.15, 0.2) is 0 Å². The Hall–Kier alpha value is -3.82. The summed E-state index contributed by atoms with van der Waals surface area (Å²) in [7, 11) is 0. The van der Waals surface area contributed by atoms with Gasteiger partial charge < -0.3 is 5.32 Å². The fourth-order valence-electron chi connectivity index (χ4n) is 4.05. The largest absolute Gasteiger partial charge is 0.306 e. The number of nitrogens with zero attached hydrogens (tertiary/aromatic N) is 4. The predicted molar refractivity (Wildman–Crippen MR) is 120 cm³/mol. The van der Waals surface area contributed by atoms with Crippen LogP contribution >= 0.6 is 0 Å². The van der Waals surface area contributed by atoms with Crippen LogP contribution in [0, 0.1) is 17.7 Å². The van der Waals surface area contributed by atoms with Crippen LogP contribution in [-0.2, 0) is 13.0 Å². The Morgan fingerprint density at radius 1 is 0.969 bits per heavy atom. The average molecular weight is 423 g/mol. The molecule has 1 unspecified atom stereocenters. The number of para-hydroxylation sites is 1. The fraction of sp³-hybridized carbons (Fsp3) is 0.192. The molecule has 0 fully saturated rings. The summed E-state index contributed by atoms with van der Waals surface area (Å²) in [5.74, 6) is 5.95. The first-order valence-corrected chi connectivity index (χ1v) is 10.7. The van der Waals surface area contributed by atoms with Crippen LogP contribution in [0.25, 0.3) is 5.69 Å². The third kappa shape index (κ3) is 4.29. The van der Waals surface area contributed by atoms with Gasteiger partial charge in [0.2, 0.25) is 0 Å². The molecule has 0 amide bonds. The monoisotopic (exact) mass is 423 g/mol. The first-order chi connectivity index (χ1) is 15.8. The molecule has 0 saturated carbocycles. The third-order valence-corrected chi connectivity index (χ3v) is 5.68. The number of hydrogen-bond acceptors (Lipinski definition) is 4. The number of nitrogens with one attached hydrogen (secondary N) is 1. The molecule has 2 heterocycles. The second-order valence-electron chi connectivity index (χ2n) is 7.81. The van der Waals surface area contributed by atoms with Crippen LogP contribution < -0.4 is 5.32 Å². The van der Waals surface area contributed by atoms with Crippen LogP contribution in [0.2, 0.25) is 0 Å². The molecular formula is C26H22FN5. The van der Waals surface area contributed by atoms with E-state index in [1.165, 1.54) is 18.0 Å². The van der Waals surface area contributed by atoms with Gasteiger partial charge in [-0.25, -0.2) is 19.0 Å². The Bertz CT molecular complexity index is 1270. The van der Waals surface area contributed by atoms with Gasteiger partial charge in [-0.15, -0.1) is 0 Å². The molecule has 0 bridgehead atoms. The summed E-state index contributed by atoms with van der Waals surface area (Å²) < 4.78 is 16.0. The molecule has 0 spiro atoms. The first-order valence-electron chi connectivity index (χ1n) is 10.7. The quantitative estimate of drug-likeness (QED) is 0.496. The van der Waals surface area contributed by atoms with Gasteiger partial charge in [-0.2, -0.15) is 5.10 Å². The van der Waals surface area contributed by atoms with Crippen LogP contribution in [0.1, 0.15) is 46.8 Å². The van der Waals surface area contributed by atoms with Gasteiger partial charge in [0.1, 0.15) is 17.8 Å². The third-order valence-electron chi connectivity index (χ3n) is 5.68. The standard InChI is InChI=1S/C26H22FN5/c27-23-4-1-2-6-26(23)32-25-7-3-5-24(22(25)17-31-32)30-16-20-11-8-19(9-12-20)10-13-21-14-28-18-29-15-21/h1-2,4,6,8-9,11-12,14-15,17-18,24,30H,3,5,7,16H2. The maximum absolute atomic E-state index is 14.3. The smallest absolute Gasteiger partial charge is 0.148 e. The molecule has 1 N–H and O–H groups in total. The topological polar surface area (TPSA) is 55.6 Å². The van der Waals surface area contributed by atoms with E-state index in [2.05, 4.69) is 44.4 Å². The lowest BCUT2D eigenvalue weighted by atomic mass is 9.92. The number of halogens is 1. The lowest BCUT2D eigenvalue weighted by molar-refractivity contribution is 0.454. The van der Waals surface area contributed by atoms with Gasteiger partial charge in [0.05, 0.1) is 11.8 Å². The second-order valence-corrected chi connectivity index (χ2v) is 7.81. The van der Waals surface area contributed by atoms with E-state index in [0.717, 1.165) is 48.2 Å². The molecule has 32 heavy (non-hydrogen) atoms. The lowest BCUT2D eigenvalue weighted by Gasteiger charge is -2.24. The zero-order valence-corrected chi connectivity index (χ0v) is 17.5. The van der Waals surface area contributed by atoms with Gasteiger partial charge >= 0.3 is 0 Å². The molecule has 5 nitrogen and oxygen atoms in total. The van der Waals surface area contributed by atoms with E-state index < -0.39 is 0 Å². The zero-order chi connectivity index (χ0) is 21.8. The highest BCUT2D eigenvalue weighted by Crippen LogP contribution is 2.31. The number of fused-ring (bicyclic) bond motifs is 1. The van der Waals surface area contributed by atoms with Crippen molar-refractivity contribution >= 4 is 0 Å². The van der Waals surface area contributed by atoms with Crippen LogP contribution in [0.4, 0.5) is 4.39 Å². The summed E-state index contributed by atoms with van der Waals surface area (Å²) in [5, 5.41) is 8.15. The molecular weight excluding hydrogens is 401 g/mol. The molecule has 1 aliphatic carbocycles. The van der Waals surface area contributed by atoms with Crippen molar-refractivity contribution in [3.63, 3.8) is 0 Å². The Labute approximate surface area is 186 Å². The zero-order valence-electron chi connectivity index (χ0n) is 17.5. The Morgan fingerprint density at radius 2 is 1.75 bits per heavy atom. The van der Waals surface area contributed by atoms with Crippen LogP contribution in [-0.4, -0.2) is 19.7 Å². The SMILES string of the molecule is Fc1ccccc1-n1ncc2c1CCCC2NCc1ccc(C#Cc2cncnc2)cc1. The minimum atomic E-state index is -0.253. The Kier molecular flexibility index (Phi) is 5.73. The first kappa shape index (κ1) is 20.1. The van der Waals surface area contributed by atoms with E-state index >= 15 is 0 Å². The molecule has 2 aromatic heterocycles. The highest BCUT2D eigenvalue weighted by Gasteiger charge is 2.25. The highest BCUT2D eigenvalue weighted by molar-refractivity contribution is 5.42. The number of benzene rings is 2. The molecule has 0 aliphatic heterocycles. The summed E-state index contributed by atoms with van der Waals surface area (Å²) in [6.07, 6.45) is 9.76. The van der Waals surface area contributed by atoms with Crippen molar-refractivity contribution in [2.75, 3.05) is 0 Å². The molecule has 158 valence electrons. The summed E-state index contributed by atoms with van der Waals surface area (Å²) in [6.45, 7) is 0.745. The van der Waals surface area contributed by atoms with Crippen molar-refractivity contribution in [1.82, 2.24) is 25.1 Å². The summed E-state index contributed by atoms with van der Waals surface area (Å²) >= 11 is 0. The maximum Gasteiger partial charge on any atom is 0.148 e. The summed E-state index contributed by atoms with van der Waals surface area (Å²) in [4.78, 5) is 7.94. The van der Waals surface area contributed by atoms with Gasteiger partial charge in [-0.05, 0) is 49.1 Å². The van der Waals surface area contributed by atoms with Gasteiger partial charge in [-0.3, -0.25) is 0 Å². The molecule has 4 aromatic rings. The maximum atomic E-state index is 14.3. The minimum absolute atomic E-state index is 0.205. The highest BCUT2D eigenvalue weighted by atomic mass is 19.1. The molecule has 0 radical (unpaired) electrons. The molecule has 1 atom stereocenters. The van der Waals surface area contributed by atoms with E-state index in [-0.39, 0.29) is 11.9 Å². The molecule has 1 aliphatic rings. The number of hydrogen-bond donors (Lipinski definition) is 1. The van der Waals surface area contributed by atoms with E-state index in [0.29, 0.717) is 5.69 Å². The van der Waals surface area contributed by atoms with Crippen molar-refractivity contribution in [2.24, 2.45) is 0 Å². The lowest BCUT2D eigenvalue weighted by Crippen LogP contribution is -2.25. The Morgan fingerprint density at radius 3 is 2.56 bits per heavy atom. The Balaban J connectivity index is 1.27. The second kappa shape index (κ2) is 9.13. The number of aromatic nitrogens is 4. The summed E-state index contributed by atoms with van der Waals surface area (Å²) in [5.41, 5.74) is 5.69. The van der Waals surface area contributed by atoms with Crippen molar-refractivity contribution in [1.29, 1.82) is 0 Å². The normalized spacial score (nSPS) is 15.0. The molecule has 5 rings (SSSR count). The average Bonchev–Trinajstić information content (AvgIpc) is 3.28. The van der Waals surface area contributed by atoms with Gasteiger partial charge in [-0.1, -0.05) is 36.1 Å². The van der Waals surface area contributed by atoms with E-state index in [4.69, 9.17) is 0 Å². The van der Waals surface area contributed by atoms with Crippen LogP contribution in [0.15, 0.2) is 73.4 Å². The minimum Gasteiger partial charge on any atom is -0.306 e. The van der Waals surface area contributed by atoms with E-state index in [9.17, 15) is 4.39 Å². The molecule has 6 heteroatoms. The van der Waals surface area contributed by atoms with Crippen molar-refractivity contribution in [3.8, 4) is 17.5 Å².